The van der Waals surface area contributed by atoms with Crippen LogP contribution in [-0.4, -0.2) is 42.3 Å². The van der Waals surface area contributed by atoms with Gasteiger partial charge in [-0.2, -0.15) is 0 Å². The van der Waals surface area contributed by atoms with Crippen molar-refractivity contribution in [2.24, 2.45) is 40.3 Å². The minimum atomic E-state index is -0.116. The predicted octanol–water partition coefficient (Wildman–Crippen LogP) is 0.744. The van der Waals surface area contributed by atoms with Gasteiger partial charge in [-0.15, -0.1) is 0 Å². The number of carbonyl (C=O) groups excluding carboxylic acids is 2. The molecule has 0 aromatic rings. The van der Waals surface area contributed by atoms with E-state index in [4.69, 9.17) is 5.73 Å². The number of amides is 2. The number of nitrogens with zero attached hydrogens (tertiary/aromatic N) is 2. The van der Waals surface area contributed by atoms with Crippen LogP contribution < -0.4 is 11.1 Å². The monoisotopic (exact) mass is 318 g/mol. The molecule has 0 radical (unpaired) electrons. The molecule has 3 rings (SSSR count). The van der Waals surface area contributed by atoms with Crippen LogP contribution >= 0.6 is 0 Å². The highest BCUT2D eigenvalue weighted by molar-refractivity contribution is 6.06. The summed E-state index contributed by atoms with van der Waals surface area (Å²) in [5, 5.41) is 2.99. The number of nitrogens with one attached hydrogen (secondary N) is 1. The maximum absolute atomic E-state index is 12.5. The third-order valence-electron chi connectivity index (χ3n) is 5.19. The molecule has 2 fully saturated rings. The zero-order chi connectivity index (χ0) is 16.6. The number of guanidine groups is 1. The van der Waals surface area contributed by atoms with E-state index in [-0.39, 0.29) is 35.5 Å². The molecule has 6 heteroatoms. The standard InChI is InChI=1S/C17H26N4O2/c1-10(2)5-6-19-17(18)20-7-8-21-15(22)13-11-3-4-12(9-11)14(13)16(21)23/h3-4,10-14H,5-9H2,1-2H3,(H3,18,19,20). The van der Waals surface area contributed by atoms with Gasteiger partial charge < -0.3 is 11.1 Å². The first-order valence-corrected chi connectivity index (χ1v) is 8.56. The second-order valence-electron chi connectivity index (χ2n) is 7.20. The molecule has 3 N–H and O–H groups in total. The Morgan fingerprint density at radius 1 is 1.30 bits per heavy atom. The summed E-state index contributed by atoms with van der Waals surface area (Å²) >= 11 is 0. The van der Waals surface area contributed by atoms with E-state index in [2.05, 4.69) is 36.3 Å². The Labute approximate surface area is 137 Å². The van der Waals surface area contributed by atoms with Gasteiger partial charge in [0.2, 0.25) is 11.8 Å². The minimum absolute atomic E-state index is 0.00559. The number of likely N-dealkylation sites (tertiary alicyclic amines) is 1. The number of rotatable bonds is 6. The lowest BCUT2D eigenvalue weighted by Gasteiger charge is -2.17. The fourth-order valence-corrected chi connectivity index (χ4v) is 3.98. The van der Waals surface area contributed by atoms with Crippen LogP contribution in [0.3, 0.4) is 0 Å². The van der Waals surface area contributed by atoms with Crippen molar-refractivity contribution in [2.75, 3.05) is 19.6 Å². The Balaban J connectivity index is 1.48. The molecule has 23 heavy (non-hydrogen) atoms. The minimum Gasteiger partial charge on any atom is -0.370 e. The Hall–Kier alpha value is -1.85. The van der Waals surface area contributed by atoms with Crippen molar-refractivity contribution < 1.29 is 9.59 Å². The summed E-state index contributed by atoms with van der Waals surface area (Å²) in [6.07, 6.45) is 6.18. The molecule has 3 aliphatic rings. The van der Waals surface area contributed by atoms with E-state index in [9.17, 15) is 9.59 Å². The van der Waals surface area contributed by atoms with Gasteiger partial charge in [0, 0.05) is 19.6 Å². The third kappa shape index (κ3) is 2.99. The lowest BCUT2D eigenvalue weighted by Crippen LogP contribution is -2.41. The summed E-state index contributed by atoms with van der Waals surface area (Å²) in [5.74, 6) is 1.26. The molecule has 2 bridgehead atoms. The Morgan fingerprint density at radius 2 is 1.91 bits per heavy atom. The topological polar surface area (TPSA) is 87.8 Å². The molecule has 126 valence electrons. The number of fused-ring (bicyclic) bond motifs is 5. The fourth-order valence-electron chi connectivity index (χ4n) is 3.98. The van der Waals surface area contributed by atoms with Gasteiger partial charge in [0.1, 0.15) is 0 Å². The molecule has 1 heterocycles. The fraction of sp³-hybridized carbons (Fsp3) is 0.706. The average Bonchev–Trinajstić information content (AvgIpc) is 3.16. The van der Waals surface area contributed by atoms with E-state index in [1.54, 1.807) is 0 Å². The van der Waals surface area contributed by atoms with Gasteiger partial charge in [0.05, 0.1) is 11.8 Å². The Morgan fingerprint density at radius 3 is 2.48 bits per heavy atom. The zero-order valence-corrected chi connectivity index (χ0v) is 13.9. The van der Waals surface area contributed by atoms with Crippen LogP contribution in [0.15, 0.2) is 17.1 Å². The maximum atomic E-state index is 12.5. The van der Waals surface area contributed by atoms with Crippen molar-refractivity contribution >= 4 is 17.8 Å². The SMILES string of the molecule is CC(C)CCN=C(N)NCCN1C(=O)C2C3C=CC(C3)C2C1=O. The molecule has 1 aliphatic heterocycles. The van der Waals surface area contributed by atoms with Gasteiger partial charge in [0.25, 0.3) is 0 Å². The second-order valence-corrected chi connectivity index (χ2v) is 7.20. The zero-order valence-electron chi connectivity index (χ0n) is 13.9. The van der Waals surface area contributed by atoms with Gasteiger partial charge in [-0.1, -0.05) is 26.0 Å². The van der Waals surface area contributed by atoms with Crippen molar-refractivity contribution in [1.29, 1.82) is 0 Å². The molecule has 2 aliphatic carbocycles. The molecule has 4 unspecified atom stereocenters. The molecular weight excluding hydrogens is 292 g/mol. The number of carbonyl (C=O) groups is 2. The Bertz CT molecular complexity index is 525. The summed E-state index contributed by atoms with van der Waals surface area (Å²) in [5.41, 5.74) is 5.80. The molecule has 0 aromatic heterocycles. The highest BCUT2D eigenvalue weighted by Crippen LogP contribution is 2.52. The van der Waals surface area contributed by atoms with Crippen LogP contribution in [0.2, 0.25) is 0 Å². The van der Waals surface area contributed by atoms with Crippen LogP contribution in [0.4, 0.5) is 0 Å². The van der Waals surface area contributed by atoms with Crippen molar-refractivity contribution in [2.45, 2.75) is 26.7 Å². The van der Waals surface area contributed by atoms with Crippen LogP contribution in [0.25, 0.3) is 0 Å². The first kappa shape index (κ1) is 16.0. The second kappa shape index (κ2) is 6.34. The van der Waals surface area contributed by atoms with Crippen LogP contribution in [0.5, 0.6) is 0 Å². The van der Waals surface area contributed by atoms with E-state index in [1.807, 2.05) is 0 Å². The van der Waals surface area contributed by atoms with E-state index in [0.717, 1.165) is 12.8 Å². The molecule has 0 spiro atoms. The number of hydrogen-bond acceptors (Lipinski definition) is 3. The summed E-state index contributed by atoms with van der Waals surface area (Å²) in [6.45, 7) is 5.80. The van der Waals surface area contributed by atoms with E-state index in [1.165, 1.54) is 4.90 Å². The van der Waals surface area contributed by atoms with Crippen LogP contribution in [0.1, 0.15) is 26.7 Å². The third-order valence-corrected chi connectivity index (χ3v) is 5.19. The number of nitrogens with two attached hydrogens (primary N) is 1. The van der Waals surface area contributed by atoms with Crippen LogP contribution in [-0.2, 0) is 9.59 Å². The number of allylic oxidation sites excluding steroid dienone is 2. The number of aliphatic imine (C=N–C) groups is 1. The quantitative estimate of drug-likeness (QED) is 0.327. The normalized spacial score (nSPS) is 32.3. The van der Waals surface area contributed by atoms with E-state index >= 15 is 0 Å². The first-order chi connectivity index (χ1) is 11.0. The highest BCUT2D eigenvalue weighted by Gasteiger charge is 2.58. The molecule has 1 saturated carbocycles. The van der Waals surface area contributed by atoms with Crippen molar-refractivity contribution in [3.8, 4) is 0 Å². The van der Waals surface area contributed by atoms with Crippen molar-refractivity contribution in [1.82, 2.24) is 10.2 Å². The van der Waals surface area contributed by atoms with Gasteiger partial charge >= 0.3 is 0 Å². The number of hydrogen-bond donors (Lipinski definition) is 2. The summed E-state index contributed by atoms with van der Waals surface area (Å²) < 4.78 is 0. The van der Waals surface area contributed by atoms with E-state index < -0.39 is 0 Å². The van der Waals surface area contributed by atoms with E-state index in [0.29, 0.717) is 31.5 Å². The van der Waals surface area contributed by atoms with Gasteiger partial charge in [-0.3, -0.25) is 19.5 Å². The molecule has 6 nitrogen and oxygen atoms in total. The Kier molecular flexibility index (Phi) is 4.41. The van der Waals surface area contributed by atoms with Gasteiger partial charge in [0.15, 0.2) is 5.96 Å². The maximum Gasteiger partial charge on any atom is 0.233 e. The van der Waals surface area contributed by atoms with Gasteiger partial charge in [-0.25, -0.2) is 0 Å². The molecular formula is C17H26N4O2. The summed E-state index contributed by atoms with van der Waals surface area (Å²) in [6, 6.07) is 0. The van der Waals surface area contributed by atoms with Crippen molar-refractivity contribution in [3.05, 3.63) is 12.2 Å². The molecule has 0 aromatic carbocycles. The molecule has 2 amide bonds. The summed E-state index contributed by atoms with van der Waals surface area (Å²) in [7, 11) is 0. The predicted molar refractivity (Wildman–Crippen MR) is 88.4 cm³/mol. The van der Waals surface area contributed by atoms with Gasteiger partial charge in [-0.05, 0) is 30.6 Å². The summed E-state index contributed by atoms with van der Waals surface area (Å²) in [4.78, 5) is 30.6. The highest BCUT2D eigenvalue weighted by atomic mass is 16.2. The largest absolute Gasteiger partial charge is 0.370 e. The number of imide groups is 1. The molecule has 4 atom stereocenters. The average molecular weight is 318 g/mol. The lowest BCUT2D eigenvalue weighted by molar-refractivity contribution is -0.140. The first-order valence-electron chi connectivity index (χ1n) is 8.56. The van der Waals surface area contributed by atoms with Crippen molar-refractivity contribution in [3.63, 3.8) is 0 Å². The smallest absolute Gasteiger partial charge is 0.233 e. The molecule has 1 saturated heterocycles. The lowest BCUT2D eigenvalue weighted by atomic mass is 9.85. The van der Waals surface area contributed by atoms with Crippen LogP contribution in [0, 0.1) is 29.6 Å².